The lowest BCUT2D eigenvalue weighted by Crippen LogP contribution is -2.24. The number of benzene rings is 1. The Bertz CT molecular complexity index is 795. The maximum absolute atomic E-state index is 10.5. The van der Waals surface area contributed by atoms with Crippen molar-refractivity contribution in [2.45, 2.75) is 16.5 Å². The molecule has 0 aliphatic carbocycles. The molecule has 0 bridgehead atoms. The molecule has 2 aromatic rings. The van der Waals surface area contributed by atoms with E-state index in [0.29, 0.717) is 6.54 Å². The zero-order chi connectivity index (χ0) is 16.4. The summed E-state index contributed by atoms with van der Waals surface area (Å²) in [6.07, 6.45) is 4.09. The summed E-state index contributed by atoms with van der Waals surface area (Å²) in [5.74, 6) is 0.828. The van der Waals surface area contributed by atoms with Crippen molar-refractivity contribution in [3.63, 3.8) is 0 Å². The number of hydrogen-bond acceptors (Lipinski definition) is 8. The average Bonchev–Trinajstić information content (AvgIpc) is 2.52. The number of nitro groups is 1. The number of rotatable bonds is 4. The van der Waals surface area contributed by atoms with Crippen LogP contribution in [0.5, 0.6) is 0 Å². The fourth-order valence-electron chi connectivity index (χ4n) is 2.15. The van der Waals surface area contributed by atoms with Crippen LogP contribution in [-0.4, -0.2) is 26.8 Å². The van der Waals surface area contributed by atoms with Gasteiger partial charge in [-0.05, 0) is 17.7 Å². The molecular formula is C14H14N6O2S. The van der Waals surface area contributed by atoms with E-state index in [1.807, 2.05) is 18.2 Å². The number of aromatic nitrogens is 2. The average molecular weight is 330 g/mol. The Morgan fingerprint density at radius 2 is 2.26 bits per heavy atom. The number of hydrogen-bond donors (Lipinski definition) is 2. The van der Waals surface area contributed by atoms with E-state index in [1.165, 1.54) is 0 Å². The van der Waals surface area contributed by atoms with E-state index >= 15 is 0 Å². The molecule has 0 radical (unpaired) electrons. The number of nitrogens with one attached hydrogen (secondary N) is 1. The van der Waals surface area contributed by atoms with E-state index in [9.17, 15) is 10.1 Å². The lowest BCUT2D eigenvalue weighted by molar-refractivity contribution is -0.404. The van der Waals surface area contributed by atoms with Gasteiger partial charge in [0.1, 0.15) is 5.03 Å². The standard InChI is InChI=1S/C14H14N6O2S/c1-19(12(15)8-20(21)22)7-9-2-3-11-10(6-9)18-13-14(23-11)17-5-4-16-13/h2-6,8H,7,15H2,1H3,(H,16,18)/b12-8+. The first-order valence-electron chi connectivity index (χ1n) is 6.73. The molecule has 0 fully saturated rings. The highest BCUT2D eigenvalue weighted by Crippen LogP contribution is 2.42. The van der Waals surface area contributed by atoms with Gasteiger partial charge in [0.15, 0.2) is 11.6 Å². The summed E-state index contributed by atoms with van der Waals surface area (Å²) in [5.41, 5.74) is 7.59. The number of anilines is 2. The highest BCUT2D eigenvalue weighted by molar-refractivity contribution is 7.99. The number of nitrogens with two attached hydrogens (primary N) is 1. The molecule has 0 saturated carbocycles. The molecule has 9 heteroatoms. The van der Waals surface area contributed by atoms with E-state index in [-0.39, 0.29) is 5.82 Å². The zero-order valence-corrected chi connectivity index (χ0v) is 13.1. The Kier molecular flexibility index (Phi) is 4.02. The van der Waals surface area contributed by atoms with Gasteiger partial charge in [0.05, 0.1) is 10.6 Å². The molecule has 118 valence electrons. The lowest BCUT2D eigenvalue weighted by atomic mass is 10.2. The van der Waals surface area contributed by atoms with Crippen molar-refractivity contribution in [1.82, 2.24) is 14.9 Å². The van der Waals surface area contributed by atoms with Gasteiger partial charge < -0.3 is 16.0 Å². The summed E-state index contributed by atoms with van der Waals surface area (Å²) >= 11 is 1.55. The molecule has 0 spiro atoms. The van der Waals surface area contributed by atoms with E-state index < -0.39 is 4.92 Å². The summed E-state index contributed by atoms with van der Waals surface area (Å²) in [7, 11) is 1.71. The second kappa shape index (κ2) is 6.13. The topological polar surface area (TPSA) is 110 Å². The monoisotopic (exact) mass is 330 g/mol. The number of nitrogens with zero attached hydrogens (tertiary/aromatic N) is 4. The molecule has 3 N–H and O–H groups in total. The summed E-state index contributed by atoms with van der Waals surface area (Å²) in [4.78, 5) is 21.1. The Balaban J connectivity index is 1.79. The molecule has 23 heavy (non-hydrogen) atoms. The summed E-state index contributed by atoms with van der Waals surface area (Å²) in [6, 6.07) is 5.93. The minimum absolute atomic E-state index is 0.103. The van der Waals surface area contributed by atoms with E-state index in [2.05, 4.69) is 15.3 Å². The van der Waals surface area contributed by atoms with Gasteiger partial charge in [0.25, 0.3) is 6.20 Å². The van der Waals surface area contributed by atoms with Crippen LogP contribution < -0.4 is 11.1 Å². The van der Waals surface area contributed by atoms with Crippen molar-refractivity contribution >= 4 is 23.3 Å². The van der Waals surface area contributed by atoms with Crippen LogP contribution in [0, 0.1) is 10.1 Å². The van der Waals surface area contributed by atoms with Crippen molar-refractivity contribution in [2.75, 3.05) is 12.4 Å². The first kappa shape index (κ1) is 15.1. The van der Waals surface area contributed by atoms with Crippen molar-refractivity contribution in [2.24, 2.45) is 5.73 Å². The largest absolute Gasteiger partial charge is 0.380 e. The lowest BCUT2D eigenvalue weighted by Gasteiger charge is -2.21. The molecule has 3 rings (SSSR count). The van der Waals surface area contributed by atoms with Crippen molar-refractivity contribution < 1.29 is 4.92 Å². The van der Waals surface area contributed by atoms with Gasteiger partial charge >= 0.3 is 0 Å². The first-order valence-corrected chi connectivity index (χ1v) is 7.55. The highest BCUT2D eigenvalue weighted by atomic mass is 32.2. The van der Waals surface area contributed by atoms with E-state index in [1.54, 1.807) is 36.1 Å². The van der Waals surface area contributed by atoms with Crippen molar-refractivity contribution in [1.29, 1.82) is 0 Å². The van der Waals surface area contributed by atoms with Gasteiger partial charge in [0, 0.05) is 30.9 Å². The summed E-state index contributed by atoms with van der Waals surface area (Å²) < 4.78 is 0. The predicted octanol–water partition coefficient (Wildman–Crippen LogP) is 2.15. The molecule has 0 atom stereocenters. The SMILES string of the molecule is CN(Cc1ccc2c(c1)Nc1nccnc1S2)/C(N)=C/[N+](=O)[O-]. The van der Waals surface area contributed by atoms with Crippen LogP contribution in [-0.2, 0) is 6.54 Å². The van der Waals surface area contributed by atoms with Crippen LogP contribution in [0.1, 0.15) is 5.56 Å². The van der Waals surface area contributed by atoms with E-state index in [4.69, 9.17) is 5.73 Å². The third-order valence-corrected chi connectivity index (χ3v) is 4.33. The molecule has 1 aliphatic heterocycles. The van der Waals surface area contributed by atoms with Crippen LogP contribution in [0.3, 0.4) is 0 Å². The highest BCUT2D eigenvalue weighted by Gasteiger charge is 2.18. The molecule has 0 unspecified atom stereocenters. The van der Waals surface area contributed by atoms with Gasteiger partial charge in [-0.2, -0.15) is 0 Å². The van der Waals surface area contributed by atoms with Gasteiger partial charge in [-0.3, -0.25) is 10.1 Å². The fourth-order valence-corrected chi connectivity index (χ4v) is 3.03. The van der Waals surface area contributed by atoms with Crippen LogP contribution >= 0.6 is 11.8 Å². The maximum Gasteiger partial charge on any atom is 0.274 e. The van der Waals surface area contributed by atoms with Crippen LogP contribution in [0.25, 0.3) is 0 Å². The molecule has 2 heterocycles. The van der Waals surface area contributed by atoms with Crippen molar-refractivity contribution in [3.05, 3.63) is 58.3 Å². The second-order valence-electron chi connectivity index (χ2n) is 4.96. The van der Waals surface area contributed by atoms with Crippen LogP contribution in [0.4, 0.5) is 11.5 Å². The molecule has 8 nitrogen and oxygen atoms in total. The minimum Gasteiger partial charge on any atom is -0.380 e. The molecule has 1 aromatic heterocycles. The summed E-state index contributed by atoms with van der Waals surface area (Å²) in [6.45, 7) is 0.461. The zero-order valence-electron chi connectivity index (χ0n) is 12.3. The molecule has 0 saturated heterocycles. The summed E-state index contributed by atoms with van der Waals surface area (Å²) in [5, 5.41) is 14.6. The molecular weight excluding hydrogens is 316 g/mol. The molecule has 0 amide bonds. The molecule has 1 aromatic carbocycles. The fraction of sp³-hybridized carbons (Fsp3) is 0.143. The van der Waals surface area contributed by atoms with Crippen LogP contribution in [0.15, 0.2) is 52.5 Å². The van der Waals surface area contributed by atoms with Gasteiger partial charge in [-0.25, -0.2) is 9.97 Å². The minimum atomic E-state index is -0.563. The maximum atomic E-state index is 10.5. The van der Waals surface area contributed by atoms with Gasteiger partial charge in [-0.15, -0.1) is 0 Å². The first-order chi connectivity index (χ1) is 11.0. The Hall–Kier alpha value is -2.81. The Labute approximate surface area is 136 Å². The van der Waals surface area contributed by atoms with Gasteiger partial charge in [0.2, 0.25) is 0 Å². The second-order valence-corrected chi connectivity index (χ2v) is 5.99. The Morgan fingerprint density at radius 3 is 3.04 bits per heavy atom. The van der Waals surface area contributed by atoms with Crippen molar-refractivity contribution in [3.8, 4) is 0 Å². The quantitative estimate of drug-likeness (QED) is 0.553. The Morgan fingerprint density at radius 1 is 1.48 bits per heavy atom. The number of fused-ring (bicyclic) bond motifs is 2. The van der Waals surface area contributed by atoms with Gasteiger partial charge in [-0.1, -0.05) is 17.8 Å². The molecule has 1 aliphatic rings. The normalized spacial score (nSPS) is 12.8. The van der Waals surface area contributed by atoms with Crippen LogP contribution in [0.2, 0.25) is 0 Å². The third-order valence-electron chi connectivity index (χ3n) is 3.27. The third kappa shape index (κ3) is 3.34. The van der Waals surface area contributed by atoms with E-state index in [0.717, 1.165) is 33.2 Å². The smallest absolute Gasteiger partial charge is 0.274 e. The predicted molar refractivity (Wildman–Crippen MR) is 86.6 cm³/mol.